The van der Waals surface area contributed by atoms with Gasteiger partial charge in [-0.15, -0.1) is 12.4 Å². The number of unbranched alkanes of at least 4 members (excludes halogenated alkanes) is 3. The summed E-state index contributed by atoms with van der Waals surface area (Å²) in [5, 5.41) is 0.564. The van der Waals surface area contributed by atoms with Crippen LogP contribution in [0, 0.1) is 0 Å². The van der Waals surface area contributed by atoms with Crippen molar-refractivity contribution < 1.29 is 9.15 Å². The minimum absolute atomic E-state index is 0. The maximum Gasteiger partial charge on any atom is 0.193 e. The van der Waals surface area contributed by atoms with E-state index >= 15 is 0 Å². The summed E-state index contributed by atoms with van der Waals surface area (Å²) in [7, 11) is 0. The zero-order valence-corrected chi connectivity index (χ0v) is 18.9. The molecule has 0 unspecified atom stereocenters. The van der Waals surface area contributed by atoms with Crippen LogP contribution < -0.4 is 10.2 Å². The van der Waals surface area contributed by atoms with Gasteiger partial charge in [0.1, 0.15) is 17.1 Å². The SMILES string of the molecule is Cl.O=c1cc(-c2ccccc2)oc2ccc(OCCCCCCN3CCCCC3)cc12. The fourth-order valence-corrected chi connectivity index (χ4v) is 4.13. The largest absolute Gasteiger partial charge is 0.494 e. The van der Waals surface area contributed by atoms with E-state index in [1.54, 1.807) is 12.1 Å². The molecule has 0 aliphatic carbocycles. The Morgan fingerprint density at radius 3 is 2.45 bits per heavy atom. The van der Waals surface area contributed by atoms with Gasteiger partial charge < -0.3 is 14.1 Å². The molecule has 1 aromatic heterocycles. The number of likely N-dealkylation sites (tertiary alicyclic amines) is 1. The first kappa shape index (κ1) is 23.4. The second-order valence-corrected chi connectivity index (χ2v) is 8.16. The predicted molar refractivity (Wildman–Crippen MR) is 129 cm³/mol. The van der Waals surface area contributed by atoms with E-state index in [9.17, 15) is 4.79 Å². The van der Waals surface area contributed by atoms with E-state index in [0.29, 0.717) is 23.3 Å². The lowest BCUT2D eigenvalue weighted by molar-refractivity contribution is 0.223. The third-order valence-corrected chi connectivity index (χ3v) is 5.84. The molecule has 3 aromatic rings. The van der Waals surface area contributed by atoms with Crippen molar-refractivity contribution in [2.45, 2.75) is 44.9 Å². The standard InChI is InChI=1S/C26H31NO3.ClH/c28-24-20-26(21-11-5-3-6-12-21)30-25-14-13-22(19-23(24)25)29-18-10-2-1-7-15-27-16-8-4-9-17-27;/h3,5-6,11-14,19-20H,1-2,4,7-10,15-18H2;1H. The molecule has 0 amide bonds. The molecular formula is C26H32ClNO3. The molecule has 0 N–H and O–H groups in total. The van der Waals surface area contributed by atoms with Crippen molar-refractivity contribution in [2.75, 3.05) is 26.2 Å². The Hall–Kier alpha value is -2.30. The van der Waals surface area contributed by atoms with Crippen LogP contribution in [-0.2, 0) is 0 Å². The Morgan fingerprint density at radius 2 is 1.65 bits per heavy atom. The van der Waals surface area contributed by atoms with E-state index in [1.165, 1.54) is 58.2 Å². The van der Waals surface area contributed by atoms with Gasteiger partial charge in [0.15, 0.2) is 5.43 Å². The molecule has 0 bridgehead atoms. The number of benzene rings is 2. The maximum atomic E-state index is 12.6. The fraction of sp³-hybridized carbons (Fsp3) is 0.423. The quantitative estimate of drug-likeness (QED) is 0.365. The van der Waals surface area contributed by atoms with Crippen LogP contribution >= 0.6 is 12.4 Å². The molecule has 0 atom stereocenters. The maximum absolute atomic E-state index is 12.6. The highest BCUT2D eigenvalue weighted by atomic mass is 35.5. The number of hydrogen-bond donors (Lipinski definition) is 0. The molecule has 0 radical (unpaired) electrons. The Kier molecular flexibility index (Phi) is 8.98. The summed E-state index contributed by atoms with van der Waals surface area (Å²) in [5.74, 6) is 1.32. The number of halogens is 1. The topological polar surface area (TPSA) is 42.7 Å². The zero-order chi connectivity index (χ0) is 20.6. The summed E-state index contributed by atoms with van der Waals surface area (Å²) in [6.45, 7) is 4.49. The molecular weight excluding hydrogens is 410 g/mol. The van der Waals surface area contributed by atoms with E-state index in [1.807, 2.05) is 42.5 Å². The number of fused-ring (bicyclic) bond motifs is 1. The minimum Gasteiger partial charge on any atom is -0.494 e. The summed E-state index contributed by atoms with van der Waals surface area (Å²) in [6.07, 6.45) is 8.89. The van der Waals surface area contributed by atoms with Crippen LogP contribution in [0.25, 0.3) is 22.3 Å². The Morgan fingerprint density at radius 1 is 0.871 bits per heavy atom. The van der Waals surface area contributed by atoms with Crippen LogP contribution in [0.2, 0.25) is 0 Å². The lowest BCUT2D eigenvalue weighted by atomic mass is 10.1. The van der Waals surface area contributed by atoms with Gasteiger partial charge in [0, 0.05) is 11.6 Å². The first-order valence-corrected chi connectivity index (χ1v) is 11.3. The molecule has 2 aromatic carbocycles. The molecule has 4 rings (SSSR count). The molecule has 0 spiro atoms. The van der Waals surface area contributed by atoms with Crippen LogP contribution in [0.3, 0.4) is 0 Å². The molecule has 5 heteroatoms. The molecule has 1 fully saturated rings. The average Bonchev–Trinajstić information content (AvgIpc) is 2.80. The summed E-state index contributed by atoms with van der Waals surface area (Å²) in [6, 6.07) is 16.8. The van der Waals surface area contributed by atoms with Crippen molar-refractivity contribution in [3.63, 3.8) is 0 Å². The molecule has 166 valence electrons. The van der Waals surface area contributed by atoms with E-state index in [2.05, 4.69) is 4.90 Å². The van der Waals surface area contributed by atoms with Gasteiger partial charge in [-0.05, 0) is 63.5 Å². The van der Waals surface area contributed by atoms with Crippen LogP contribution in [0.15, 0.2) is 63.8 Å². The smallest absolute Gasteiger partial charge is 0.193 e. The van der Waals surface area contributed by atoms with Crippen LogP contribution in [0.1, 0.15) is 44.9 Å². The minimum atomic E-state index is -0.0433. The normalized spacial score (nSPS) is 14.3. The van der Waals surface area contributed by atoms with E-state index in [-0.39, 0.29) is 17.8 Å². The van der Waals surface area contributed by atoms with Crippen molar-refractivity contribution in [1.29, 1.82) is 0 Å². The van der Waals surface area contributed by atoms with Gasteiger partial charge in [-0.2, -0.15) is 0 Å². The predicted octanol–water partition coefficient (Wildman–Crippen LogP) is 6.31. The molecule has 0 saturated carbocycles. The zero-order valence-electron chi connectivity index (χ0n) is 18.1. The number of hydrogen-bond acceptors (Lipinski definition) is 4. The number of rotatable bonds is 9. The highest BCUT2D eigenvalue weighted by Gasteiger charge is 2.09. The lowest BCUT2D eigenvalue weighted by Crippen LogP contribution is -2.30. The van der Waals surface area contributed by atoms with Crippen LogP contribution in [-0.4, -0.2) is 31.1 Å². The van der Waals surface area contributed by atoms with Crippen molar-refractivity contribution in [2.24, 2.45) is 0 Å². The Balaban J connectivity index is 0.00000272. The first-order chi connectivity index (χ1) is 14.8. The second kappa shape index (κ2) is 11.9. The van der Waals surface area contributed by atoms with Crippen molar-refractivity contribution in [1.82, 2.24) is 4.90 Å². The summed E-state index contributed by atoms with van der Waals surface area (Å²) >= 11 is 0. The van der Waals surface area contributed by atoms with Gasteiger partial charge in [-0.3, -0.25) is 4.79 Å². The molecule has 1 aliphatic rings. The third kappa shape index (κ3) is 6.59. The van der Waals surface area contributed by atoms with Crippen molar-refractivity contribution in [3.05, 3.63) is 64.8 Å². The van der Waals surface area contributed by atoms with Gasteiger partial charge >= 0.3 is 0 Å². The van der Waals surface area contributed by atoms with Crippen molar-refractivity contribution in [3.8, 4) is 17.1 Å². The van der Waals surface area contributed by atoms with E-state index in [4.69, 9.17) is 9.15 Å². The molecule has 1 saturated heterocycles. The number of piperidine rings is 1. The van der Waals surface area contributed by atoms with E-state index < -0.39 is 0 Å². The highest BCUT2D eigenvalue weighted by Crippen LogP contribution is 2.24. The van der Waals surface area contributed by atoms with Gasteiger partial charge in [-0.1, -0.05) is 49.6 Å². The van der Waals surface area contributed by atoms with Gasteiger partial charge in [-0.25, -0.2) is 0 Å². The van der Waals surface area contributed by atoms with Crippen LogP contribution in [0.4, 0.5) is 0 Å². The van der Waals surface area contributed by atoms with Gasteiger partial charge in [0.25, 0.3) is 0 Å². The molecule has 31 heavy (non-hydrogen) atoms. The number of ether oxygens (including phenoxy) is 1. The van der Waals surface area contributed by atoms with E-state index in [0.717, 1.165) is 17.7 Å². The average molecular weight is 442 g/mol. The Labute approximate surface area is 190 Å². The lowest BCUT2D eigenvalue weighted by Gasteiger charge is -2.26. The summed E-state index contributed by atoms with van der Waals surface area (Å²) in [4.78, 5) is 15.2. The molecule has 2 heterocycles. The molecule has 4 nitrogen and oxygen atoms in total. The Bertz CT molecular complexity index is 996. The highest BCUT2D eigenvalue weighted by molar-refractivity contribution is 5.85. The second-order valence-electron chi connectivity index (χ2n) is 8.16. The first-order valence-electron chi connectivity index (χ1n) is 11.3. The monoisotopic (exact) mass is 441 g/mol. The van der Waals surface area contributed by atoms with Crippen LogP contribution in [0.5, 0.6) is 5.75 Å². The third-order valence-electron chi connectivity index (χ3n) is 5.84. The summed E-state index contributed by atoms with van der Waals surface area (Å²) < 4.78 is 11.8. The molecule has 1 aliphatic heterocycles. The van der Waals surface area contributed by atoms with Gasteiger partial charge in [0.05, 0.1) is 12.0 Å². The van der Waals surface area contributed by atoms with Gasteiger partial charge in [0.2, 0.25) is 0 Å². The fourth-order valence-electron chi connectivity index (χ4n) is 4.13. The van der Waals surface area contributed by atoms with Crippen molar-refractivity contribution >= 4 is 23.4 Å². The summed E-state index contributed by atoms with van der Waals surface area (Å²) in [5.41, 5.74) is 1.45. The number of nitrogens with zero attached hydrogens (tertiary/aromatic N) is 1.